The van der Waals surface area contributed by atoms with E-state index in [9.17, 15) is 0 Å². The first-order valence-corrected chi connectivity index (χ1v) is 8.85. The van der Waals surface area contributed by atoms with Crippen molar-refractivity contribution in [2.75, 3.05) is 44.9 Å². The molecule has 6 heteroatoms. The summed E-state index contributed by atoms with van der Waals surface area (Å²) in [6.07, 6.45) is 3.22. The van der Waals surface area contributed by atoms with E-state index in [1.54, 1.807) is 0 Å². The van der Waals surface area contributed by atoms with Gasteiger partial charge in [0.1, 0.15) is 0 Å². The lowest BCUT2D eigenvalue weighted by Gasteiger charge is -2.45. The molecule has 3 saturated heterocycles. The third-order valence-electron chi connectivity index (χ3n) is 5.16. The van der Waals surface area contributed by atoms with E-state index in [0.29, 0.717) is 18.0 Å². The highest BCUT2D eigenvalue weighted by Gasteiger charge is 2.44. The lowest BCUT2D eigenvalue weighted by Crippen LogP contribution is -2.60. The Labute approximate surface area is 125 Å². The molecule has 0 aromatic rings. The van der Waals surface area contributed by atoms with Crippen molar-refractivity contribution >= 4 is 11.8 Å². The Morgan fingerprint density at radius 3 is 3.05 bits per heavy atom. The van der Waals surface area contributed by atoms with Gasteiger partial charge < -0.3 is 14.4 Å². The van der Waals surface area contributed by atoms with E-state index in [1.165, 1.54) is 11.5 Å². The van der Waals surface area contributed by atoms with Gasteiger partial charge in [0.2, 0.25) is 0 Å². The monoisotopic (exact) mass is 301 g/mol. The predicted octanol–water partition coefficient (Wildman–Crippen LogP) is 0.451. The quantitative estimate of drug-likeness (QED) is 0.583. The minimum Gasteiger partial charge on any atom is -0.378 e. The first-order valence-electron chi connectivity index (χ1n) is 7.70. The van der Waals surface area contributed by atoms with Crippen LogP contribution in [0.2, 0.25) is 0 Å². The molecule has 4 unspecified atom stereocenters. The Balaban J connectivity index is 1.68. The highest BCUT2D eigenvalue weighted by atomic mass is 32.2. The molecule has 0 radical (unpaired) electrons. The molecule has 0 saturated carbocycles. The van der Waals surface area contributed by atoms with Crippen LogP contribution in [0.25, 0.3) is 0 Å². The topological polar surface area (TPSA) is 59.8 Å². The van der Waals surface area contributed by atoms with E-state index in [1.807, 2.05) is 11.8 Å². The zero-order chi connectivity index (χ0) is 14.0. The van der Waals surface area contributed by atoms with E-state index in [-0.39, 0.29) is 5.60 Å². The van der Waals surface area contributed by atoms with Gasteiger partial charge in [-0.1, -0.05) is 0 Å². The summed E-state index contributed by atoms with van der Waals surface area (Å²) in [5.41, 5.74) is 3.10. The number of nitrogens with one attached hydrogen (secondary N) is 1. The maximum absolute atomic E-state index is 6.05. The number of nitrogens with two attached hydrogens (primary N) is 1. The molecule has 1 spiro atoms. The second kappa shape index (κ2) is 6.50. The highest BCUT2D eigenvalue weighted by Crippen LogP contribution is 2.38. The highest BCUT2D eigenvalue weighted by molar-refractivity contribution is 7.99. The lowest BCUT2D eigenvalue weighted by molar-refractivity contribution is -0.106. The van der Waals surface area contributed by atoms with Gasteiger partial charge in [-0.05, 0) is 25.8 Å². The predicted molar refractivity (Wildman–Crippen MR) is 81.7 cm³/mol. The van der Waals surface area contributed by atoms with Gasteiger partial charge in [0.15, 0.2) is 0 Å². The maximum atomic E-state index is 6.05. The van der Waals surface area contributed by atoms with Crippen LogP contribution < -0.4 is 11.3 Å². The molecule has 116 valence electrons. The number of hydrazine groups is 1. The van der Waals surface area contributed by atoms with E-state index in [2.05, 4.69) is 17.4 Å². The van der Waals surface area contributed by atoms with Gasteiger partial charge in [-0.15, -0.1) is 0 Å². The molecular formula is C14H27N3O2S. The molecule has 3 fully saturated rings. The fourth-order valence-corrected chi connectivity index (χ4v) is 5.17. The molecular weight excluding hydrogens is 274 g/mol. The van der Waals surface area contributed by atoms with Gasteiger partial charge in [-0.2, -0.15) is 11.8 Å². The maximum Gasteiger partial charge on any atom is 0.0939 e. The van der Waals surface area contributed by atoms with E-state index in [0.717, 1.165) is 45.6 Å². The summed E-state index contributed by atoms with van der Waals surface area (Å²) >= 11 is 2.05. The summed E-state index contributed by atoms with van der Waals surface area (Å²) in [5.74, 6) is 8.92. The number of hydrogen-bond donors (Lipinski definition) is 2. The number of nitrogens with zero attached hydrogens (tertiary/aromatic N) is 1. The Bertz CT molecular complexity index is 326. The van der Waals surface area contributed by atoms with Crippen molar-refractivity contribution in [3.8, 4) is 0 Å². The van der Waals surface area contributed by atoms with Crippen LogP contribution in [0.3, 0.4) is 0 Å². The normalized spacial score (nSPS) is 41.1. The number of hydrogen-bond acceptors (Lipinski definition) is 6. The molecule has 3 aliphatic rings. The van der Waals surface area contributed by atoms with Crippen molar-refractivity contribution in [3.63, 3.8) is 0 Å². The molecule has 5 nitrogen and oxygen atoms in total. The molecule has 4 atom stereocenters. The molecule has 3 heterocycles. The van der Waals surface area contributed by atoms with E-state index in [4.69, 9.17) is 15.3 Å². The number of rotatable bonds is 3. The van der Waals surface area contributed by atoms with Gasteiger partial charge in [0.05, 0.1) is 12.2 Å². The molecule has 0 bridgehead atoms. The Morgan fingerprint density at radius 2 is 2.35 bits per heavy atom. The smallest absolute Gasteiger partial charge is 0.0939 e. The standard InChI is InChI=1S/C14H27N3O2S/c1-17-4-7-20-9-12(17)13(16-15)11-2-5-19-14(8-11)3-6-18-10-14/h11-13,16H,2-10,15H2,1H3. The van der Waals surface area contributed by atoms with Crippen molar-refractivity contribution in [2.24, 2.45) is 11.8 Å². The Morgan fingerprint density at radius 1 is 1.45 bits per heavy atom. The van der Waals surface area contributed by atoms with Crippen LogP contribution in [0, 0.1) is 5.92 Å². The molecule has 0 aromatic heterocycles. The van der Waals surface area contributed by atoms with Crippen LogP contribution in [-0.2, 0) is 9.47 Å². The average molecular weight is 301 g/mol. The van der Waals surface area contributed by atoms with Gasteiger partial charge in [-0.3, -0.25) is 11.3 Å². The number of thioether (sulfide) groups is 1. The summed E-state index contributed by atoms with van der Waals surface area (Å²) in [6.45, 7) is 3.60. The van der Waals surface area contributed by atoms with Crippen LogP contribution in [0.15, 0.2) is 0 Å². The van der Waals surface area contributed by atoms with Crippen LogP contribution in [0.5, 0.6) is 0 Å². The SMILES string of the molecule is CN1CCSCC1C(NN)C1CCOC2(CCOC2)C1. The Kier molecular flexibility index (Phi) is 4.90. The summed E-state index contributed by atoms with van der Waals surface area (Å²) in [5, 5.41) is 0. The number of ether oxygens (including phenoxy) is 2. The molecule has 0 amide bonds. The van der Waals surface area contributed by atoms with Crippen molar-refractivity contribution in [2.45, 2.75) is 36.9 Å². The van der Waals surface area contributed by atoms with Crippen molar-refractivity contribution in [3.05, 3.63) is 0 Å². The summed E-state index contributed by atoms with van der Waals surface area (Å²) < 4.78 is 11.6. The summed E-state index contributed by atoms with van der Waals surface area (Å²) in [7, 11) is 2.22. The minimum atomic E-state index is -0.0294. The van der Waals surface area contributed by atoms with Gasteiger partial charge >= 0.3 is 0 Å². The molecule has 3 rings (SSSR count). The number of likely N-dealkylation sites (N-methyl/N-ethyl adjacent to an activating group) is 1. The summed E-state index contributed by atoms with van der Waals surface area (Å²) in [4.78, 5) is 2.47. The molecule has 3 aliphatic heterocycles. The third-order valence-corrected chi connectivity index (χ3v) is 6.20. The second-order valence-electron chi connectivity index (χ2n) is 6.40. The van der Waals surface area contributed by atoms with Gasteiger partial charge in [0, 0.05) is 49.8 Å². The molecule has 0 aliphatic carbocycles. The first-order chi connectivity index (χ1) is 9.74. The van der Waals surface area contributed by atoms with Crippen LogP contribution in [-0.4, -0.2) is 67.5 Å². The fourth-order valence-electron chi connectivity index (χ4n) is 3.88. The second-order valence-corrected chi connectivity index (χ2v) is 7.55. The van der Waals surface area contributed by atoms with E-state index >= 15 is 0 Å². The molecule has 0 aromatic carbocycles. The third kappa shape index (κ3) is 3.00. The average Bonchev–Trinajstić information content (AvgIpc) is 2.90. The lowest BCUT2D eigenvalue weighted by atomic mass is 9.79. The van der Waals surface area contributed by atoms with Crippen molar-refractivity contribution < 1.29 is 9.47 Å². The first kappa shape index (κ1) is 15.1. The van der Waals surface area contributed by atoms with Crippen molar-refractivity contribution in [1.82, 2.24) is 10.3 Å². The van der Waals surface area contributed by atoms with Crippen LogP contribution >= 0.6 is 11.8 Å². The summed E-state index contributed by atoms with van der Waals surface area (Å²) in [6, 6.07) is 0.885. The molecule has 3 N–H and O–H groups in total. The van der Waals surface area contributed by atoms with Crippen LogP contribution in [0.1, 0.15) is 19.3 Å². The van der Waals surface area contributed by atoms with Gasteiger partial charge in [-0.25, -0.2) is 0 Å². The zero-order valence-corrected chi connectivity index (χ0v) is 13.2. The van der Waals surface area contributed by atoms with Gasteiger partial charge in [0.25, 0.3) is 0 Å². The largest absolute Gasteiger partial charge is 0.378 e. The molecule has 20 heavy (non-hydrogen) atoms. The minimum absolute atomic E-state index is 0.0294. The van der Waals surface area contributed by atoms with Crippen LogP contribution in [0.4, 0.5) is 0 Å². The Hall–Kier alpha value is 0.150. The fraction of sp³-hybridized carbons (Fsp3) is 1.00. The zero-order valence-electron chi connectivity index (χ0n) is 12.3. The van der Waals surface area contributed by atoms with Crippen molar-refractivity contribution in [1.29, 1.82) is 0 Å². The van der Waals surface area contributed by atoms with E-state index < -0.39 is 0 Å².